The van der Waals surface area contributed by atoms with E-state index in [0.717, 1.165) is 59.2 Å². The van der Waals surface area contributed by atoms with Crippen LogP contribution in [0.15, 0.2) is 77.7 Å². The third-order valence-electron chi connectivity index (χ3n) is 7.09. The Morgan fingerprint density at radius 2 is 1.72 bits per heavy atom. The summed E-state index contributed by atoms with van der Waals surface area (Å²) in [5.41, 5.74) is 7.03. The molecule has 0 saturated heterocycles. The zero-order valence-electron chi connectivity index (χ0n) is 22.5. The van der Waals surface area contributed by atoms with Crippen LogP contribution in [0.2, 0.25) is 0 Å². The highest BCUT2D eigenvalue weighted by Gasteiger charge is 2.19. The average molecular weight is 521 g/mol. The zero-order valence-corrected chi connectivity index (χ0v) is 22.5. The molecule has 0 bridgehead atoms. The van der Waals surface area contributed by atoms with E-state index in [0.29, 0.717) is 23.6 Å². The van der Waals surface area contributed by atoms with E-state index in [9.17, 15) is 9.59 Å². The molecule has 0 atom stereocenters. The second-order valence-corrected chi connectivity index (χ2v) is 9.66. The topological polar surface area (TPSA) is 98.5 Å². The highest BCUT2D eigenvalue weighted by atomic mass is 16.2. The molecule has 0 aliphatic heterocycles. The van der Waals surface area contributed by atoms with Crippen molar-refractivity contribution in [3.8, 4) is 28.2 Å². The van der Waals surface area contributed by atoms with Gasteiger partial charge in [0.1, 0.15) is 0 Å². The summed E-state index contributed by atoms with van der Waals surface area (Å²) >= 11 is 0. The van der Waals surface area contributed by atoms with E-state index >= 15 is 0 Å². The van der Waals surface area contributed by atoms with Crippen LogP contribution >= 0.6 is 0 Å². The van der Waals surface area contributed by atoms with Crippen molar-refractivity contribution in [2.24, 2.45) is 0 Å². The van der Waals surface area contributed by atoms with Gasteiger partial charge in [-0.2, -0.15) is 5.21 Å². The van der Waals surface area contributed by atoms with E-state index in [1.165, 1.54) is 0 Å². The van der Waals surface area contributed by atoms with Gasteiger partial charge in [0.05, 0.1) is 12.2 Å². The predicted molar refractivity (Wildman–Crippen MR) is 152 cm³/mol. The number of H-pyrrole nitrogens is 1. The van der Waals surface area contributed by atoms with Crippen molar-refractivity contribution in [3.05, 3.63) is 106 Å². The van der Waals surface area contributed by atoms with Gasteiger partial charge < -0.3 is 0 Å². The molecule has 1 N–H and O–H groups in total. The number of imidazole rings is 1. The highest BCUT2D eigenvalue weighted by molar-refractivity contribution is 5.98. The fraction of sp³-hybridized carbons (Fsp3) is 0.258. The monoisotopic (exact) mass is 520 g/mol. The number of tetrazole rings is 1. The first-order chi connectivity index (χ1) is 19.0. The normalized spacial score (nSPS) is 11.2. The second-order valence-electron chi connectivity index (χ2n) is 9.66. The highest BCUT2D eigenvalue weighted by Crippen LogP contribution is 2.30. The first kappa shape index (κ1) is 26.0. The third-order valence-corrected chi connectivity index (χ3v) is 7.09. The quantitative estimate of drug-likeness (QED) is 0.240. The summed E-state index contributed by atoms with van der Waals surface area (Å²) in [7, 11) is 0. The number of nitrogens with one attached hydrogen (secondary N) is 1. The van der Waals surface area contributed by atoms with E-state index < -0.39 is 0 Å². The first-order valence-electron chi connectivity index (χ1n) is 13.4. The van der Waals surface area contributed by atoms with Gasteiger partial charge in [-0.05, 0) is 59.7 Å². The molecule has 2 heterocycles. The van der Waals surface area contributed by atoms with Gasteiger partial charge in [-0.3, -0.25) is 13.9 Å². The lowest BCUT2D eigenvalue weighted by Crippen LogP contribution is -2.26. The summed E-state index contributed by atoms with van der Waals surface area (Å²) < 4.78 is 3.52. The lowest BCUT2D eigenvalue weighted by atomic mass is 9.98. The Morgan fingerprint density at radius 1 is 0.949 bits per heavy atom. The predicted octanol–water partition coefficient (Wildman–Crippen LogP) is 5.64. The Kier molecular flexibility index (Phi) is 7.63. The van der Waals surface area contributed by atoms with Crippen molar-refractivity contribution in [3.63, 3.8) is 0 Å². The van der Waals surface area contributed by atoms with Crippen LogP contribution in [0.4, 0.5) is 0 Å². The standard InChI is InChI=1S/C31H32N6O2/c1-4-6-11-25-20-37(29-23(5-2)10-9-14-26(29)21(3)38)31(39)36(25)19-22-15-17-24(18-16-22)27-12-7-8-13-28(27)30-32-34-35-33-30/h7-10,12-18,20H,4-6,11,19H2,1-3H3,(H,32,33,34,35). The van der Waals surface area contributed by atoms with E-state index in [4.69, 9.17) is 0 Å². The number of aryl methyl sites for hydroxylation is 2. The number of aromatic amines is 1. The Balaban J connectivity index is 1.53. The maximum absolute atomic E-state index is 13.9. The molecule has 0 aliphatic rings. The van der Waals surface area contributed by atoms with Crippen LogP contribution in [0.5, 0.6) is 0 Å². The molecule has 0 fully saturated rings. The van der Waals surface area contributed by atoms with Gasteiger partial charge in [-0.1, -0.05) is 80.9 Å². The minimum atomic E-state index is -0.129. The third kappa shape index (κ3) is 5.23. The van der Waals surface area contributed by atoms with Crippen LogP contribution in [0.3, 0.4) is 0 Å². The van der Waals surface area contributed by atoms with E-state index in [2.05, 4.69) is 51.8 Å². The summed E-state index contributed by atoms with van der Waals surface area (Å²) in [6, 6.07) is 21.8. The van der Waals surface area contributed by atoms with Crippen molar-refractivity contribution in [1.29, 1.82) is 0 Å². The molecule has 0 amide bonds. The van der Waals surface area contributed by atoms with Gasteiger partial charge in [0, 0.05) is 23.0 Å². The second kappa shape index (κ2) is 11.4. The summed E-state index contributed by atoms with van der Waals surface area (Å²) in [4.78, 5) is 26.3. The number of hydrogen-bond acceptors (Lipinski definition) is 5. The van der Waals surface area contributed by atoms with Crippen molar-refractivity contribution in [2.75, 3.05) is 0 Å². The first-order valence-corrected chi connectivity index (χ1v) is 13.4. The smallest absolute Gasteiger partial charge is 0.294 e. The summed E-state index contributed by atoms with van der Waals surface area (Å²) in [6.07, 6.45) is 5.44. The molecule has 39 heavy (non-hydrogen) atoms. The minimum absolute atomic E-state index is 0.0493. The molecule has 0 radical (unpaired) electrons. The molecule has 0 aliphatic carbocycles. The molecule has 3 aromatic carbocycles. The van der Waals surface area contributed by atoms with Gasteiger partial charge in [0.15, 0.2) is 5.78 Å². The van der Waals surface area contributed by atoms with Crippen molar-refractivity contribution in [2.45, 2.75) is 53.0 Å². The number of para-hydroxylation sites is 1. The fourth-order valence-corrected chi connectivity index (χ4v) is 5.04. The molecule has 198 valence electrons. The number of hydrogen-bond donors (Lipinski definition) is 1. The lowest BCUT2D eigenvalue weighted by molar-refractivity contribution is 0.101. The largest absolute Gasteiger partial charge is 0.333 e. The summed E-state index contributed by atoms with van der Waals surface area (Å²) in [5.74, 6) is 0.493. The summed E-state index contributed by atoms with van der Waals surface area (Å²) in [6.45, 7) is 6.18. The molecule has 2 aromatic heterocycles. The van der Waals surface area contributed by atoms with Crippen LogP contribution < -0.4 is 5.69 Å². The number of carbonyl (C=O) groups is 1. The molecular weight excluding hydrogens is 488 g/mol. The molecule has 0 spiro atoms. The molecule has 8 heteroatoms. The van der Waals surface area contributed by atoms with Crippen LogP contribution in [0.25, 0.3) is 28.2 Å². The Bertz CT molecular complexity index is 1650. The Hall–Kier alpha value is -4.59. The average Bonchev–Trinajstić information content (AvgIpc) is 3.61. The van der Waals surface area contributed by atoms with Crippen LogP contribution in [-0.4, -0.2) is 35.5 Å². The van der Waals surface area contributed by atoms with Gasteiger partial charge in [-0.15, -0.1) is 10.2 Å². The number of unbranched alkanes of at least 4 members (excludes halogenated alkanes) is 1. The van der Waals surface area contributed by atoms with Gasteiger partial charge >= 0.3 is 5.69 Å². The van der Waals surface area contributed by atoms with Crippen LogP contribution in [-0.2, 0) is 19.4 Å². The van der Waals surface area contributed by atoms with Crippen LogP contribution in [0.1, 0.15) is 60.8 Å². The molecule has 0 unspecified atom stereocenters. The minimum Gasteiger partial charge on any atom is -0.294 e. The maximum atomic E-state index is 13.9. The fourth-order valence-electron chi connectivity index (χ4n) is 5.04. The Labute approximate surface area is 227 Å². The number of ketones is 1. The zero-order chi connectivity index (χ0) is 27.4. The number of nitrogens with zero attached hydrogens (tertiary/aromatic N) is 5. The molecule has 0 saturated carbocycles. The summed E-state index contributed by atoms with van der Waals surface area (Å²) in [5, 5.41) is 14.5. The van der Waals surface area contributed by atoms with E-state index in [1.807, 2.05) is 54.1 Å². The van der Waals surface area contributed by atoms with E-state index in [1.54, 1.807) is 17.6 Å². The lowest BCUT2D eigenvalue weighted by Gasteiger charge is -2.12. The van der Waals surface area contributed by atoms with Gasteiger partial charge in [-0.25, -0.2) is 4.79 Å². The van der Waals surface area contributed by atoms with E-state index in [-0.39, 0.29) is 11.5 Å². The Morgan fingerprint density at radius 3 is 2.38 bits per heavy atom. The number of carbonyl (C=O) groups excluding carboxylic acids is 1. The molecule has 5 aromatic rings. The molecule has 8 nitrogen and oxygen atoms in total. The molecular formula is C31H32N6O2. The van der Waals surface area contributed by atoms with Crippen molar-refractivity contribution < 1.29 is 4.79 Å². The van der Waals surface area contributed by atoms with Gasteiger partial charge in [0.25, 0.3) is 0 Å². The maximum Gasteiger partial charge on any atom is 0.333 e. The van der Waals surface area contributed by atoms with Crippen molar-refractivity contribution in [1.82, 2.24) is 29.8 Å². The van der Waals surface area contributed by atoms with Crippen molar-refractivity contribution >= 4 is 5.78 Å². The van der Waals surface area contributed by atoms with Gasteiger partial charge in [0.2, 0.25) is 5.82 Å². The number of Topliss-reactive ketones (excluding diaryl/α,β-unsaturated/α-hetero) is 1. The molecule has 5 rings (SSSR count). The van der Waals surface area contributed by atoms with Crippen LogP contribution in [0, 0.1) is 0 Å². The number of benzene rings is 3. The number of rotatable bonds is 10. The SMILES string of the molecule is CCCCc1cn(-c2c(CC)cccc2C(C)=O)c(=O)n1Cc1ccc(-c2ccccc2-c2nn[nH]n2)cc1. The number of aromatic nitrogens is 6.